The number of halogens is 1. The van der Waals surface area contributed by atoms with Crippen molar-refractivity contribution in [3.05, 3.63) is 40.0 Å². The summed E-state index contributed by atoms with van der Waals surface area (Å²) >= 11 is 0. The van der Waals surface area contributed by atoms with Crippen molar-refractivity contribution in [3.63, 3.8) is 0 Å². The number of pyridine rings is 1. The van der Waals surface area contributed by atoms with Gasteiger partial charge in [-0.05, 0) is 6.07 Å². The number of rotatable bonds is 2. The van der Waals surface area contributed by atoms with E-state index in [2.05, 4.69) is 4.98 Å². The molecule has 5 heteroatoms. The van der Waals surface area contributed by atoms with Crippen molar-refractivity contribution in [1.82, 2.24) is 4.98 Å². The lowest BCUT2D eigenvalue weighted by atomic mass is 10.2. The molecule has 0 unspecified atom stereocenters. The van der Waals surface area contributed by atoms with Gasteiger partial charge in [-0.25, -0.2) is 4.39 Å². The molecule has 4 nitrogen and oxygen atoms in total. The van der Waals surface area contributed by atoms with Crippen molar-refractivity contribution < 1.29 is 9.31 Å². The summed E-state index contributed by atoms with van der Waals surface area (Å²) in [5.41, 5.74) is 0.0602. The second kappa shape index (κ2) is 3.05. The smallest absolute Gasteiger partial charge is 0.231 e. The molecule has 0 aliphatic heterocycles. The maximum absolute atomic E-state index is 12.6. The first-order chi connectivity index (χ1) is 5.20. The Balaban J connectivity index is 2.86. The van der Waals surface area contributed by atoms with Crippen LogP contribution in [-0.4, -0.2) is 9.91 Å². The molecule has 0 saturated carbocycles. The zero-order valence-corrected chi connectivity index (χ0v) is 5.53. The summed E-state index contributed by atoms with van der Waals surface area (Å²) in [6, 6.07) is 1.29. The molecule has 0 N–H and O–H groups in total. The van der Waals surface area contributed by atoms with Crippen molar-refractivity contribution in [2.75, 3.05) is 0 Å². The zero-order valence-electron chi connectivity index (χ0n) is 5.53. The van der Waals surface area contributed by atoms with Crippen LogP contribution in [0.4, 0.5) is 4.39 Å². The van der Waals surface area contributed by atoms with Gasteiger partial charge >= 0.3 is 0 Å². The molecule has 0 spiro atoms. The molecule has 0 saturated heterocycles. The van der Waals surface area contributed by atoms with Gasteiger partial charge in [-0.15, -0.1) is 0 Å². The van der Waals surface area contributed by atoms with Gasteiger partial charge in [-0.2, -0.15) is 0 Å². The van der Waals surface area contributed by atoms with Gasteiger partial charge < -0.3 is 0 Å². The zero-order chi connectivity index (χ0) is 8.27. The Morgan fingerprint density at radius 2 is 2.45 bits per heavy atom. The van der Waals surface area contributed by atoms with E-state index in [-0.39, 0.29) is 5.56 Å². The predicted octanol–water partition coefficient (Wildman–Crippen LogP) is 0.997. The van der Waals surface area contributed by atoms with Crippen LogP contribution in [0.2, 0.25) is 0 Å². The molecular formula is C6H5FN2O2. The molecule has 0 atom stereocenters. The lowest BCUT2D eigenvalue weighted by Crippen LogP contribution is -2.00. The second-order valence-electron chi connectivity index (χ2n) is 1.96. The van der Waals surface area contributed by atoms with E-state index >= 15 is 0 Å². The molecule has 0 radical (unpaired) electrons. The monoisotopic (exact) mass is 156 g/mol. The maximum atomic E-state index is 12.6. The van der Waals surface area contributed by atoms with E-state index in [1.54, 1.807) is 0 Å². The molecule has 0 bridgehead atoms. The third kappa shape index (κ3) is 1.96. The van der Waals surface area contributed by atoms with E-state index < -0.39 is 17.3 Å². The minimum Gasteiger partial charge on any atom is -0.264 e. The minimum atomic E-state index is -0.635. The summed E-state index contributed by atoms with van der Waals surface area (Å²) in [4.78, 5) is 12.8. The molecule has 0 aromatic carbocycles. The fourth-order valence-electron chi connectivity index (χ4n) is 0.671. The Bertz CT molecular complexity index is 277. The van der Waals surface area contributed by atoms with Crippen molar-refractivity contribution in [3.8, 4) is 0 Å². The van der Waals surface area contributed by atoms with Gasteiger partial charge in [-0.3, -0.25) is 15.1 Å². The quantitative estimate of drug-likeness (QED) is 0.474. The molecule has 0 aliphatic rings. The van der Waals surface area contributed by atoms with Gasteiger partial charge in [0.25, 0.3) is 0 Å². The highest BCUT2D eigenvalue weighted by Gasteiger charge is 2.06. The highest BCUT2D eigenvalue weighted by molar-refractivity contribution is 5.10. The molecule has 0 aliphatic carbocycles. The Morgan fingerprint density at radius 3 is 3.00 bits per heavy atom. The number of hydrogen-bond donors (Lipinski definition) is 0. The van der Waals surface area contributed by atoms with Gasteiger partial charge in [-0.1, -0.05) is 0 Å². The summed E-state index contributed by atoms with van der Waals surface area (Å²) in [6.45, 7) is -0.492. The number of nitrogens with zero attached hydrogens (tertiary/aromatic N) is 2. The summed E-state index contributed by atoms with van der Waals surface area (Å²) in [6.07, 6.45) is 2.28. The molecule has 0 fully saturated rings. The number of hydrogen-bond acceptors (Lipinski definition) is 3. The van der Waals surface area contributed by atoms with Crippen LogP contribution in [0.15, 0.2) is 18.5 Å². The topological polar surface area (TPSA) is 56.0 Å². The Morgan fingerprint density at radius 1 is 1.73 bits per heavy atom. The molecule has 1 rings (SSSR count). The number of aromatic nitrogens is 1. The van der Waals surface area contributed by atoms with E-state index in [0.29, 0.717) is 0 Å². The highest BCUT2D eigenvalue weighted by atomic mass is 19.1. The largest absolute Gasteiger partial charge is 0.264 e. The third-order valence-electron chi connectivity index (χ3n) is 1.16. The van der Waals surface area contributed by atoms with E-state index in [1.807, 2.05) is 0 Å². The molecule has 0 amide bonds. The summed E-state index contributed by atoms with van der Waals surface area (Å²) in [5, 5.41) is 9.94. The molecule has 1 heterocycles. The highest BCUT2D eigenvalue weighted by Crippen LogP contribution is 2.04. The lowest BCUT2D eigenvalue weighted by Gasteiger charge is -1.94. The van der Waals surface area contributed by atoms with Crippen molar-refractivity contribution >= 4 is 0 Å². The fraction of sp³-hybridized carbons (Fsp3) is 0.167. The van der Waals surface area contributed by atoms with Gasteiger partial charge in [0.1, 0.15) is 0 Å². The van der Waals surface area contributed by atoms with Crippen LogP contribution in [0.3, 0.4) is 0 Å². The Kier molecular flexibility index (Phi) is 2.10. The summed E-state index contributed by atoms with van der Waals surface area (Å²) in [5.74, 6) is -0.635. The van der Waals surface area contributed by atoms with Crippen LogP contribution < -0.4 is 0 Å². The molecule has 58 valence electrons. The molecule has 1 aromatic heterocycles. The van der Waals surface area contributed by atoms with Crippen LogP contribution in [0.5, 0.6) is 0 Å². The molecular weight excluding hydrogens is 151 g/mol. The fourth-order valence-corrected chi connectivity index (χ4v) is 0.671. The normalized spacial score (nSPS) is 9.55. The predicted molar refractivity (Wildman–Crippen MR) is 34.9 cm³/mol. The average Bonchev–Trinajstić information content (AvgIpc) is 1.93. The Hall–Kier alpha value is -1.52. The van der Waals surface area contributed by atoms with Gasteiger partial charge in [0.15, 0.2) is 5.82 Å². The van der Waals surface area contributed by atoms with E-state index in [4.69, 9.17) is 0 Å². The van der Waals surface area contributed by atoms with Gasteiger partial charge in [0.2, 0.25) is 6.54 Å². The lowest BCUT2D eigenvalue weighted by molar-refractivity contribution is -0.497. The summed E-state index contributed by atoms with van der Waals surface area (Å²) in [7, 11) is 0. The second-order valence-corrected chi connectivity index (χ2v) is 1.96. The standard InChI is InChI=1S/C6H5FN2O2/c7-6-3-8-2-1-5(6)4-9(10)11/h1-3H,4H2. The van der Waals surface area contributed by atoms with E-state index in [0.717, 1.165) is 6.20 Å². The SMILES string of the molecule is O=[N+]([O-])Cc1ccncc1F. The van der Waals surface area contributed by atoms with Gasteiger partial charge in [0, 0.05) is 11.1 Å². The molecule has 11 heavy (non-hydrogen) atoms. The van der Waals surface area contributed by atoms with Crippen molar-refractivity contribution in [1.29, 1.82) is 0 Å². The maximum Gasteiger partial charge on any atom is 0.231 e. The van der Waals surface area contributed by atoms with Crippen LogP contribution in [-0.2, 0) is 6.54 Å². The summed E-state index contributed by atoms with van der Waals surface area (Å²) < 4.78 is 12.6. The van der Waals surface area contributed by atoms with Gasteiger partial charge in [0.05, 0.1) is 11.8 Å². The van der Waals surface area contributed by atoms with Crippen LogP contribution >= 0.6 is 0 Å². The first-order valence-corrected chi connectivity index (χ1v) is 2.90. The van der Waals surface area contributed by atoms with E-state index in [1.165, 1.54) is 12.3 Å². The van der Waals surface area contributed by atoms with Crippen molar-refractivity contribution in [2.45, 2.75) is 6.54 Å². The third-order valence-corrected chi connectivity index (χ3v) is 1.16. The van der Waals surface area contributed by atoms with Crippen molar-refractivity contribution in [2.24, 2.45) is 0 Å². The van der Waals surface area contributed by atoms with E-state index in [9.17, 15) is 14.5 Å². The average molecular weight is 156 g/mol. The van der Waals surface area contributed by atoms with Crippen LogP contribution in [0.25, 0.3) is 0 Å². The minimum absolute atomic E-state index is 0.0602. The first kappa shape index (κ1) is 7.59. The Labute approximate surface area is 61.8 Å². The molecule has 1 aromatic rings. The first-order valence-electron chi connectivity index (χ1n) is 2.90. The van der Waals surface area contributed by atoms with Crippen LogP contribution in [0, 0.1) is 15.9 Å². The number of nitro groups is 1. The van der Waals surface area contributed by atoms with Crippen LogP contribution in [0.1, 0.15) is 5.56 Å².